The normalized spacial score (nSPS) is 11.9. The van der Waals surface area contributed by atoms with Crippen LogP contribution in [0.4, 0.5) is 0 Å². The summed E-state index contributed by atoms with van der Waals surface area (Å²) in [4.78, 5) is 11.1. The summed E-state index contributed by atoms with van der Waals surface area (Å²) in [6.07, 6.45) is -0.480. The van der Waals surface area contributed by atoms with Crippen LogP contribution in [-0.2, 0) is 27.3 Å². The van der Waals surface area contributed by atoms with Gasteiger partial charge in [-0.3, -0.25) is 0 Å². The second-order valence-corrected chi connectivity index (χ2v) is 5.52. The molecule has 0 aliphatic carbocycles. The summed E-state index contributed by atoms with van der Waals surface area (Å²) in [5.41, 5.74) is 2.03. The number of carboxylic acid groups (broad SMARTS) is 1. The van der Waals surface area contributed by atoms with Crippen LogP contribution in [0.1, 0.15) is 18.1 Å². The maximum absolute atomic E-state index is 11.1. The SMILES string of the molecule is CCO[C@@H](Cc1ccc(OCCOCc2ccccc2)cc1)C(=O)O. The molecule has 0 amide bonds. The summed E-state index contributed by atoms with van der Waals surface area (Å²) >= 11 is 0. The molecular weight excluding hydrogens is 320 g/mol. The van der Waals surface area contributed by atoms with Crippen LogP contribution >= 0.6 is 0 Å². The number of carbonyl (C=O) groups is 1. The molecular formula is C20H24O5. The first kappa shape index (κ1) is 19.0. The highest BCUT2D eigenvalue weighted by molar-refractivity contribution is 5.72. The Balaban J connectivity index is 1.70. The Labute approximate surface area is 148 Å². The van der Waals surface area contributed by atoms with Crippen LogP contribution in [-0.4, -0.2) is 37.0 Å². The third kappa shape index (κ3) is 6.95. The number of hydrogen-bond acceptors (Lipinski definition) is 4. The number of aliphatic carboxylic acids is 1. The fourth-order valence-electron chi connectivity index (χ4n) is 2.34. The van der Waals surface area contributed by atoms with Gasteiger partial charge in [0.2, 0.25) is 0 Å². The molecule has 0 aromatic heterocycles. The number of rotatable bonds is 11. The molecule has 1 atom stereocenters. The van der Waals surface area contributed by atoms with Gasteiger partial charge in [0, 0.05) is 13.0 Å². The Kier molecular flexibility index (Phi) is 7.95. The fourth-order valence-corrected chi connectivity index (χ4v) is 2.34. The second-order valence-electron chi connectivity index (χ2n) is 5.52. The first-order chi connectivity index (χ1) is 12.2. The molecule has 5 heteroatoms. The van der Waals surface area contributed by atoms with E-state index in [2.05, 4.69) is 0 Å². The van der Waals surface area contributed by atoms with Gasteiger partial charge in [-0.2, -0.15) is 0 Å². The summed E-state index contributed by atoms with van der Waals surface area (Å²) in [6, 6.07) is 17.4. The van der Waals surface area contributed by atoms with Crippen LogP contribution in [0.2, 0.25) is 0 Å². The van der Waals surface area contributed by atoms with E-state index in [9.17, 15) is 4.79 Å². The van der Waals surface area contributed by atoms with E-state index in [1.807, 2.05) is 54.6 Å². The van der Waals surface area contributed by atoms with Crippen LogP contribution in [0.25, 0.3) is 0 Å². The lowest BCUT2D eigenvalue weighted by Gasteiger charge is -2.13. The van der Waals surface area contributed by atoms with Crippen molar-refractivity contribution in [3.05, 3.63) is 65.7 Å². The van der Waals surface area contributed by atoms with Crippen LogP contribution in [0, 0.1) is 0 Å². The van der Waals surface area contributed by atoms with Gasteiger partial charge < -0.3 is 19.3 Å². The maximum atomic E-state index is 11.1. The molecule has 25 heavy (non-hydrogen) atoms. The molecule has 0 saturated heterocycles. The highest BCUT2D eigenvalue weighted by atomic mass is 16.5. The lowest BCUT2D eigenvalue weighted by molar-refractivity contribution is -0.149. The average Bonchev–Trinajstić information content (AvgIpc) is 2.63. The monoisotopic (exact) mass is 344 g/mol. The van der Waals surface area contributed by atoms with Crippen molar-refractivity contribution in [3.63, 3.8) is 0 Å². The highest BCUT2D eigenvalue weighted by Gasteiger charge is 2.17. The molecule has 134 valence electrons. The first-order valence-electron chi connectivity index (χ1n) is 8.37. The Morgan fingerprint density at radius 1 is 1.00 bits per heavy atom. The molecule has 0 spiro atoms. The molecule has 2 aromatic carbocycles. The van der Waals surface area contributed by atoms with Crippen LogP contribution in [0.5, 0.6) is 5.75 Å². The zero-order valence-corrected chi connectivity index (χ0v) is 14.4. The van der Waals surface area contributed by atoms with E-state index in [1.165, 1.54) is 0 Å². The van der Waals surface area contributed by atoms with E-state index < -0.39 is 12.1 Å². The summed E-state index contributed by atoms with van der Waals surface area (Å²) in [6.45, 7) is 3.69. The van der Waals surface area contributed by atoms with Gasteiger partial charge in [-0.15, -0.1) is 0 Å². The predicted molar refractivity (Wildman–Crippen MR) is 94.8 cm³/mol. The third-order valence-electron chi connectivity index (χ3n) is 3.60. The van der Waals surface area contributed by atoms with Gasteiger partial charge in [0.15, 0.2) is 6.10 Å². The topological polar surface area (TPSA) is 65.0 Å². The molecule has 2 rings (SSSR count). The van der Waals surface area contributed by atoms with Crippen molar-refractivity contribution in [2.24, 2.45) is 0 Å². The van der Waals surface area contributed by atoms with E-state index in [1.54, 1.807) is 6.92 Å². The van der Waals surface area contributed by atoms with Crippen molar-refractivity contribution in [3.8, 4) is 5.75 Å². The third-order valence-corrected chi connectivity index (χ3v) is 3.60. The Morgan fingerprint density at radius 2 is 1.72 bits per heavy atom. The van der Waals surface area contributed by atoms with Gasteiger partial charge in [0.1, 0.15) is 12.4 Å². The van der Waals surface area contributed by atoms with Gasteiger partial charge in [-0.1, -0.05) is 42.5 Å². The summed E-state index contributed by atoms with van der Waals surface area (Å²) in [7, 11) is 0. The summed E-state index contributed by atoms with van der Waals surface area (Å²) in [5.74, 6) is -0.215. The molecule has 5 nitrogen and oxygen atoms in total. The molecule has 0 fully saturated rings. The zero-order valence-electron chi connectivity index (χ0n) is 14.4. The minimum atomic E-state index is -0.947. The predicted octanol–water partition coefficient (Wildman–Crippen LogP) is 3.31. The van der Waals surface area contributed by atoms with Crippen molar-refractivity contribution in [2.75, 3.05) is 19.8 Å². The molecule has 0 saturated carbocycles. The minimum absolute atomic E-state index is 0.337. The zero-order chi connectivity index (χ0) is 17.9. The summed E-state index contributed by atoms with van der Waals surface area (Å²) < 4.78 is 16.4. The van der Waals surface area contributed by atoms with Crippen LogP contribution in [0.3, 0.4) is 0 Å². The maximum Gasteiger partial charge on any atom is 0.333 e. The molecule has 0 bridgehead atoms. The molecule has 0 radical (unpaired) electrons. The number of hydrogen-bond donors (Lipinski definition) is 1. The molecule has 0 aliphatic rings. The number of ether oxygens (including phenoxy) is 3. The number of benzene rings is 2. The smallest absolute Gasteiger partial charge is 0.333 e. The van der Waals surface area contributed by atoms with Crippen LogP contribution in [0.15, 0.2) is 54.6 Å². The van der Waals surface area contributed by atoms with Crippen LogP contribution < -0.4 is 4.74 Å². The average molecular weight is 344 g/mol. The second kappa shape index (κ2) is 10.5. The van der Waals surface area contributed by atoms with Gasteiger partial charge in [-0.05, 0) is 30.2 Å². The molecule has 0 aliphatic heterocycles. The number of carboxylic acids is 1. The largest absolute Gasteiger partial charge is 0.491 e. The van der Waals surface area contributed by atoms with Crippen molar-refractivity contribution in [1.29, 1.82) is 0 Å². The first-order valence-corrected chi connectivity index (χ1v) is 8.37. The Morgan fingerprint density at radius 3 is 2.36 bits per heavy atom. The Bertz CT molecular complexity index is 624. The van der Waals surface area contributed by atoms with Crippen molar-refractivity contribution >= 4 is 5.97 Å². The van der Waals surface area contributed by atoms with E-state index in [0.717, 1.165) is 16.9 Å². The molecule has 0 unspecified atom stereocenters. The molecule has 1 N–H and O–H groups in total. The standard InChI is InChI=1S/C20H24O5/c1-2-24-19(20(21)22)14-16-8-10-18(11-9-16)25-13-12-23-15-17-6-4-3-5-7-17/h3-11,19H,2,12-15H2,1H3,(H,21,22)/t19-/m0/s1. The summed E-state index contributed by atoms with van der Waals surface area (Å²) in [5, 5.41) is 9.11. The highest BCUT2D eigenvalue weighted by Crippen LogP contribution is 2.14. The van der Waals surface area contributed by atoms with Gasteiger partial charge in [-0.25, -0.2) is 4.79 Å². The Hall–Kier alpha value is -2.37. The van der Waals surface area contributed by atoms with Crippen molar-refractivity contribution in [2.45, 2.75) is 26.1 Å². The van der Waals surface area contributed by atoms with E-state index in [4.69, 9.17) is 19.3 Å². The minimum Gasteiger partial charge on any atom is -0.491 e. The quantitative estimate of drug-likeness (QED) is 0.634. The lowest BCUT2D eigenvalue weighted by Crippen LogP contribution is -2.26. The van der Waals surface area contributed by atoms with E-state index in [-0.39, 0.29) is 0 Å². The van der Waals surface area contributed by atoms with Gasteiger partial charge in [0.05, 0.1) is 13.2 Å². The van der Waals surface area contributed by atoms with Crippen molar-refractivity contribution in [1.82, 2.24) is 0 Å². The van der Waals surface area contributed by atoms with Gasteiger partial charge in [0.25, 0.3) is 0 Å². The van der Waals surface area contributed by atoms with Gasteiger partial charge >= 0.3 is 5.97 Å². The lowest BCUT2D eigenvalue weighted by atomic mass is 10.1. The van der Waals surface area contributed by atoms with Crippen molar-refractivity contribution < 1.29 is 24.1 Å². The van der Waals surface area contributed by atoms with E-state index in [0.29, 0.717) is 32.8 Å². The van der Waals surface area contributed by atoms with E-state index >= 15 is 0 Å². The molecule has 0 heterocycles. The molecule has 2 aromatic rings. The fraction of sp³-hybridized carbons (Fsp3) is 0.350.